The van der Waals surface area contributed by atoms with Gasteiger partial charge in [-0.05, 0) is 61.2 Å². The van der Waals surface area contributed by atoms with E-state index in [0.29, 0.717) is 23.3 Å². The standard InChI is InChI=1S/C30H30N2O6/c1-2-3-15-36-24-12-9-20(10-13-24)16-22(19-31)29(34)37-25-14-11-21-17-26(30(35)38-27(21)18-25)28(33)32-23-7-5-4-6-8-23/h9-14,16-18,23H,2-8,15H2,1H3,(H,32,33)/b22-16+. The number of rotatable bonds is 9. The molecule has 1 N–H and O–H groups in total. The Bertz CT molecular complexity index is 1430. The molecular weight excluding hydrogens is 484 g/mol. The SMILES string of the molecule is CCCCOc1ccc(/C=C(\C#N)C(=O)Oc2ccc3cc(C(=O)NC4CCCCC4)c(=O)oc3c2)cc1. The molecular formula is C30H30N2O6. The highest BCUT2D eigenvalue weighted by Crippen LogP contribution is 2.23. The molecule has 4 rings (SSSR count). The van der Waals surface area contributed by atoms with E-state index < -0.39 is 17.5 Å². The molecule has 2 aromatic carbocycles. The van der Waals surface area contributed by atoms with Crippen LogP contribution in [0.4, 0.5) is 0 Å². The van der Waals surface area contributed by atoms with Gasteiger partial charge in [0.05, 0.1) is 6.61 Å². The van der Waals surface area contributed by atoms with Crippen molar-refractivity contribution in [2.75, 3.05) is 6.61 Å². The molecule has 1 aromatic heterocycles. The van der Waals surface area contributed by atoms with E-state index in [2.05, 4.69) is 12.2 Å². The number of nitrogens with zero attached hydrogens (tertiary/aromatic N) is 1. The van der Waals surface area contributed by atoms with E-state index >= 15 is 0 Å². The molecule has 1 heterocycles. The third kappa shape index (κ3) is 6.88. The summed E-state index contributed by atoms with van der Waals surface area (Å²) in [7, 11) is 0. The molecule has 0 aliphatic heterocycles. The van der Waals surface area contributed by atoms with Gasteiger partial charge in [-0.25, -0.2) is 9.59 Å². The number of benzene rings is 2. The van der Waals surface area contributed by atoms with Crippen LogP contribution in [0.3, 0.4) is 0 Å². The van der Waals surface area contributed by atoms with Crippen LogP contribution >= 0.6 is 0 Å². The smallest absolute Gasteiger partial charge is 0.354 e. The summed E-state index contributed by atoms with van der Waals surface area (Å²) in [5.41, 5.74) is -0.222. The molecule has 1 saturated carbocycles. The van der Waals surface area contributed by atoms with E-state index in [-0.39, 0.29) is 28.5 Å². The number of ether oxygens (including phenoxy) is 2. The fourth-order valence-corrected chi connectivity index (χ4v) is 4.28. The molecule has 1 amide bonds. The van der Waals surface area contributed by atoms with Crippen molar-refractivity contribution in [1.82, 2.24) is 5.32 Å². The van der Waals surface area contributed by atoms with E-state index in [1.54, 1.807) is 30.3 Å². The summed E-state index contributed by atoms with van der Waals surface area (Å²) in [4.78, 5) is 37.8. The monoisotopic (exact) mass is 514 g/mol. The molecule has 1 aliphatic carbocycles. The highest BCUT2D eigenvalue weighted by Gasteiger charge is 2.20. The van der Waals surface area contributed by atoms with Gasteiger partial charge in [0.15, 0.2) is 0 Å². The van der Waals surface area contributed by atoms with Gasteiger partial charge in [0.1, 0.15) is 34.3 Å². The summed E-state index contributed by atoms with van der Waals surface area (Å²) >= 11 is 0. The van der Waals surface area contributed by atoms with Crippen LogP contribution in [-0.4, -0.2) is 24.5 Å². The lowest BCUT2D eigenvalue weighted by Gasteiger charge is -2.22. The number of hydrogen-bond acceptors (Lipinski definition) is 7. The zero-order chi connectivity index (χ0) is 26.9. The Morgan fingerprint density at radius 1 is 1.08 bits per heavy atom. The van der Waals surface area contributed by atoms with Crippen LogP contribution in [0, 0.1) is 11.3 Å². The minimum Gasteiger partial charge on any atom is -0.494 e. The largest absolute Gasteiger partial charge is 0.494 e. The van der Waals surface area contributed by atoms with Crippen molar-refractivity contribution < 1.29 is 23.5 Å². The van der Waals surface area contributed by atoms with Gasteiger partial charge < -0.3 is 19.2 Å². The van der Waals surface area contributed by atoms with E-state index in [1.165, 1.54) is 24.3 Å². The summed E-state index contributed by atoms with van der Waals surface area (Å²) in [5, 5.41) is 12.9. The molecule has 0 radical (unpaired) electrons. The maximum absolute atomic E-state index is 12.6. The number of nitriles is 1. The zero-order valence-corrected chi connectivity index (χ0v) is 21.3. The van der Waals surface area contributed by atoms with Crippen LogP contribution in [0.1, 0.15) is 67.8 Å². The first-order valence-electron chi connectivity index (χ1n) is 12.9. The molecule has 196 valence electrons. The molecule has 8 heteroatoms. The first kappa shape index (κ1) is 26.7. The Hall–Kier alpha value is -4.38. The van der Waals surface area contributed by atoms with Gasteiger partial charge in [-0.15, -0.1) is 0 Å². The average Bonchev–Trinajstić information content (AvgIpc) is 2.92. The molecule has 0 spiro atoms. The Kier molecular flexibility index (Phi) is 8.94. The van der Waals surface area contributed by atoms with Gasteiger partial charge in [0.2, 0.25) is 0 Å². The minimum atomic E-state index is -0.846. The number of carbonyl (C=O) groups excluding carboxylic acids is 2. The van der Waals surface area contributed by atoms with E-state index in [9.17, 15) is 19.6 Å². The van der Waals surface area contributed by atoms with E-state index in [1.807, 2.05) is 6.07 Å². The third-order valence-electron chi connectivity index (χ3n) is 6.40. The second kappa shape index (κ2) is 12.7. The maximum Gasteiger partial charge on any atom is 0.354 e. The summed E-state index contributed by atoms with van der Waals surface area (Å²) in [6, 6.07) is 14.9. The summed E-state index contributed by atoms with van der Waals surface area (Å²) in [6.07, 6.45) is 8.50. The summed E-state index contributed by atoms with van der Waals surface area (Å²) < 4.78 is 16.3. The Labute approximate surface area is 220 Å². The molecule has 1 aliphatic rings. The van der Waals surface area contributed by atoms with Crippen molar-refractivity contribution in [2.24, 2.45) is 0 Å². The van der Waals surface area contributed by atoms with Gasteiger partial charge in [-0.1, -0.05) is 44.7 Å². The highest BCUT2D eigenvalue weighted by molar-refractivity contribution is 6.00. The predicted octanol–water partition coefficient (Wildman–Crippen LogP) is 5.55. The van der Waals surface area contributed by atoms with Crippen molar-refractivity contribution in [2.45, 2.75) is 57.9 Å². The number of esters is 1. The fraction of sp³-hybridized carbons (Fsp3) is 0.333. The lowest BCUT2D eigenvalue weighted by molar-refractivity contribution is -0.129. The molecule has 3 aromatic rings. The van der Waals surface area contributed by atoms with Gasteiger partial charge in [-0.2, -0.15) is 5.26 Å². The molecule has 38 heavy (non-hydrogen) atoms. The lowest BCUT2D eigenvalue weighted by atomic mass is 9.95. The van der Waals surface area contributed by atoms with Gasteiger partial charge in [0, 0.05) is 17.5 Å². The molecule has 8 nitrogen and oxygen atoms in total. The maximum atomic E-state index is 12.6. The molecule has 0 bridgehead atoms. The van der Waals surface area contributed by atoms with Gasteiger partial charge >= 0.3 is 11.6 Å². The van der Waals surface area contributed by atoms with Crippen LogP contribution < -0.4 is 20.4 Å². The van der Waals surface area contributed by atoms with Crippen LogP contribution in [0.5, 0.6) is 11.5 Å². The van der Waals surface area contributed by atoms with Crippen molar-refractivity contribution in [3.8, 4) is 17.6 Å². The number of hydrogen-bond donors (Lipinski definition) is 1. The Morgan fingerprint density at radius 2 is 1.82 bits per heavy atom. The predicted molar refractivity (Wildman–Crippen MR) is 143 cm³/mol. The topological polar surface area (TPSA) is 119 Å². The third-order valence-corrected chi connectivity index (χ3v) is 6.40. The Balaban J connectivity index is 1.45. The van der Waals surface area contributed by atoms with Crippen LogP contribution in [-0.2, 0) is 4.79 Å². The van der Waals surface area contributed by atoms with Crippen molar-refractivity contribution >= 4 is 28.9 Å². The van der Waals surface area contributed by atoms with Crippen LogP contribution in [0.2, 0.25) is 0 Å². The first-order valence-corrected chi connectivity index (χ1v) is 12.9. The first-order chi connectivity index (χ1) is 18.5. The quantitative estimate of drug-likeness (QED) is 0.0993. The number of unbranched alkanes of at least 4 members (excludes halogenated alkanes) is 1. The zero-order valence-electron chi connectivity index (χ0n) is 21.3. The molecule has 0 unspecified atom stereocenters. The number of nitrogens with one attached hydrogen (secondary N) is 1. The Morgan fingerprint density at radius 3 is 2.53 bits per heavy atom. The van der Waals surface area contributed by atoms with Crippen LogP contribution in [0.25, 0.3) is 17.0 Å². The summed E-state index contributed by atoms with van der Waals surface area (Å²) in [6.45, 7) is 2.71. The van der Waals surface area contributed by atoms with Crippen LogP contribution in [0.15, 0.2) is 63.3 Å². The second-order valence-corrected chi connectivity index (χ2v) is 9.29. The fourth-order valence-electron chi connectivity index (χ4n) is 4.28. The second-order valence-electron chi connectivity index (χ2n) is 9.29. The number of fused-ring (bicyclic) bond motifs is 1. The number of carbonyl (C=O) groups is 2. The van der Waals surface area contributed by atoms with Gasteiger partial charge in [-0.3, -0.25) is 4.79 Å². The molecule has 1 fully saturated rings. The molecule has 0 saturated heterocycles. The normalized spacial score (nSPS) is 14.1. The average molecular weight is 515 g/mol. The van der Waals surface area contributed by atoms with E-state index in [0.717, 1.165) is 44.9 Å². The van der Waals surface area contributed by atoms with Gasteiger partial charge in [0.25, 0.3) is 5.91 Å². The molecule has 0 atom stereocenters. The number of amides is 1. The van der Waals surface area contributed by atoms with Crippen molar-refractivity contribution in [3.63, 3.8) is 0 Å². The van der Waals surface area contributed by atoms with Crippen molar-refractivity contribution in [1.29, 1.82) is 5.26 Å². The summed E-state index contributed by atoms with van der Waals surface area (Å²) in [5.74, 6) is -0.483. The van der Waals surface area contributed by atoms with Crippen molar-refractivity contribution in [3.05, 3.63) is 75.7 Å². The highest BCUT2D eigenvalue weighted by atomic mass is 16.5. The lowest BCUT2D eigenvalue weighted by Crippen LogP contribution is -2.38. The van der Waals surface area contributed by atoms with E-state index in [4.69, 9.17) is 13.9 Å². The minimum absolute atomic E-state index is 0.0626.